The second-order valence-corrected chi connectivity index (χ2v) is 7.45. The van der Waals surface area contributed by atoms with Gasteiger partial charge in [0.2, 0.25) is 0 Å². The van der Waals surface area contributed by atoms with Crippen LogP contribution in [-0.2, 0) is 12.8 Å². The van der Waals surface area contributed by atoms with Crippen molar-refractivity contribution in [3.05, 3.63) is 21.4 Å². The van der Waals surface area contributed by atoms with Gasteiger partial charge in [-0.15, -0.1) is 11.3 Å². The molecule has 19 heavy (non-hydrogen) atoms. The van der Waals surface area contributed by atoms with Crippen LogP contribution < -0.4 is 5.32 Å². The molecular formula is C17H29NS. The van der Waals surface area contributed by atoms with Crippen molar-refractivity contribution in [3.63, 3.8) is 0 Å². The number of thiophene rings is 1. The van der Waals surface area contributed by atoms with Gasteiger partial charge in [0.1, 0.15) is 0 Å². The van der Waals surface area contributed by atoms with Crippen molar-refractivity contribution >= 4 is 11.3 Å². The molecule has 0 amide bonds. The van der Waals surface area contributed by atoms with Crippen molar-refractivity contribution in [1.82, 2.24) is 5.32 Å². The lowest BCUT2D eigenvalue weighted by atomic mass is 10.0. The fraction of sp³-hybridized carbons (Fsp3) is 0.765. The van der Waals surface area contributed by atoms with Crippen molar-refractivity contribution in [3.8, 4) is 0 Å². The van der Waals surface area contributed by atoms with E-state index in [2.05, 4.69) is 43.5 Å². The summed E-state index contributed by atoms with van der Waals surface area (Å²) in [4.78, 5) is 3.27. The molecule has 0 radical (unpaired) electrons. The first kappa shape index (κ1) is 15.1. The third kappa shape index (κ3) is 4.32. The van der Waals surface area contributed by atoms with Crippen molar-refractivity contribution < 1.29 is 0 Å². The van der Waals surface area contributed by atoms with Gasteiger partial charge in [0.25, 0.3) is 0 Å². The molecule has 0 spiro atoms. The highest BCUT2D eigenvalue weighted by Gasteiger charge is 2.19. The van der Waals surface area contributed by atoms with Gasteiger partial charge in [-0.05, 0) is 56.2 Å². The van der Waals surface area contributed by atoms with Crippen LogP contribution in [0.5, 0.6) is 0 Å². The van der Waals surface area contributed by atoms with E-state index < -0.39 is 0 Å². The van der Waals surface area contributed by atoms with Crippen LogP contribution in [0, 0.1) is 5.92 Å². The van der Waals surface area contributed by atoms with Gasteiger partial charge in [0, 0.05) is 15.8 Å². The third-order valence-corrected chi connectivity index (χ3v) is 5.37. The largest absolute Gasteiger partial charge is 0.309 e. The number of rotatable bonds is 8. The summed E-state index contributed by atoms with van der Waals surface area (Å²) in [5, 5.41) is 3.76. The van der Waals surface area contributed by atoms with Crippen LogP contribution >= 0.6 is 11.3 Å². The van der Waals surface area contributed by atoms with E-state index in [1.807, 2.05) is 0 Å². The maximum atomic E-state index is 3.76. The molecule has 1 heterocycles. The predicted octanol–water partition coefficient (Wildman–Crippen LogP) is 5.10. The number of fused-ring (bicyclic) bond motifs is 1. The zero-order valence-corrected chi connectivity index (χ0v) is 13.6. The van der Waals surface area contributed by atoms with Gasteiger partial charge in [-0.1, -0.05) is 33.6 Å². The Balaban J connectivity index is 1.95. The van der Waals surface area contributed by atoms with Crippen molar-refractivity contribution in [2.45, 2.75) is 71.8 Å². The molecule has 0 bridgehead atoms. The molecule has 1 nitrogen and oxygen atoms in total. The Labute approximate surface area is 122 Å². The van der Waals surface area contributed by atoms with Gasteiger partial charge >= 0.3 is 0 Å². The van der Waals surface area contributed by atoms with Crippen LogP contribution in [-0.4, -0.2) is 6.54 Å². The summed E-state index contributed by atoms with van der Waals surface area (Å²) in [5.74, 6) is 0.833. The molecule has 2 heteroatoms. The number of hydrogen-bond donors (Lipinski definition) is 1. The van der Waals surface area contributed by atoms with Gasteiger partial charge in [-0.2, -0.15) is 0 Å². The van der Waals surface area contributed by atoms with Gasteiger partial charge in [-0.25, -0.2) is 0 Å². The Bertz CT molecular complexity index is 359. The van der Waals surface area contributed by atoms with E-state index >= 15 is 0 Å². The molecule has 108 valence electrons. The minimum Gasteiger partial charge on any atom is -0.309 e. The summed E-state index contributed by atoms with van der Waals surface area (Å²) in [5.41, 5.74) is 1.65. The molecule has 1 aromatic rings. The van der Waals surface area contributed by atoms with Crippen LogP contribution in [0.4, 0.5) is 0 Å². The predicted molar refractivity (Wildman–Crippen MR) is 86.1 cm³/mol. The standard InChI is InChI=1S/C17H29NS/c1-4-11-18-15(9-5-7-13(2)3)17-12-14-8-6-10-16(14)19-17/h12-13,15,18H,4-11H2,1-3H3. The normalized spacial score (nSPS) is 16.0. The summed E-state index contributed by atoms with van der Waals surface area (Å²) in [7, 11) is 0. The molecule has 1 atom stereocenters. The molecule has 0 saturated carbocycles. The second-order valence-electron chi connectivity index (χ2n) is 6.28. The van der Waals surface area contributed by atoms with E-state index in [9.17, 15) is 0 Å². The molecule has 0 aromatic carbocycles. The van der Waals surface area contributed by atoms with E-state index in [-0.39, 0.29) is 0 Å². The fourth-order valence-corrected chi connectivity index (χ4v) is 4.29. The monoisotopic (exact) mass is 279 g/mol. The molecule has 0 fully saturated rings. The lowest BCUT2D eigenvalue weighted by Crippen LogP contribution is -2.21. The number of aryl methyl sites for hydroxylation is 2. The van der Waals surface area contributed by atoms with Gasteiger partial charge < -0.3 is 5.32 Å². The Hall–Kier alpha value is -0.340. The van der Waals surface area contributed by atoms with Crippen molar-refractivity contribution in [1.29, 1.82) is 0 Å². The summed E-state index contributed by atoms with van der Waals surface area (Å²) in [6, 6.07) is 3.10. The van der Waals surface area contributed by atoms with Gasteiger partial charge in [0.05, 0.1) is 0 Å². The van der Waals surface area contributed by atoms with E-state index in [4.69, 9.17) is 0 Å². The Morgan fingerprint density at radius 2 is 2.11 bits per heavy atom. The lowest BCUT2D eigenvalue weighted by Gasteiger charge is -2.18. The zero-order chi connectivity index (χ0) is 13.7. The molecule has 2 rings (SSSR count). The summed E-state index contributed by atoms with van der Waals surface area (Å²) in [6.07, 6.45) is 9.26. The zero-order valence-electron chi connectivity index (χ0n) is 12.8. The van der Waals surface area contributed by atoms with Crippen LogP contribution in [0.15, 0.2) is 6.07 Å². The molecule has 1 unspecified atom stereocenters. The smallest absolute Gasteiger partial charge is 0.0414 e. The highest BCUT2D eigenvalue weighted by molar-refractivity contribution is 7.12. The molecule has 0 aliphatic heterocycles. The SMILES string of the molecule is CCCNC(CCCC(C)C)c1cc2c(s1)CCC2. The fourth-order valence-electron chi connectivity index (χ4n) is 2.92. The summed E-state index contributed by atoms with van der Waals surface area (Å²) in [6.45, 7) is 8.06. The molecular weight excluding hydrogens is 250 g/mol. The molecule has 1 aromatic heterocycles. The van der Waals surface area contributed by atoms with Crippen molar-refractivity contribution in [2.75, 3.05) is 6.54 Å². The average molecular weight is 279 g/mol. The van der Waals surface area contributed by atoms with Crippen LogP contribution in [0.1, 0.15) is 74.2 Å². The Morgan fingerprint density at radius 1 is 1.26 bits per heavy atom. The van der Waals surface area contributed by atoms with Gasteiger partial charge in [0.15, 0.2) is 0 Å². The topological polar surface area (TPSA) is 12.0 Å². The maximum absolute atomic E-state index is 3.76. The van der Waals surface area contributed by atoms with Gasteiger partial charge in [-0.3, -0.25) is 0 Å². The molecule has 1 aliphatic rings. The van der Waals surface area contributed by atoms with E-state index in [0.717, 1.165) is 12.5 Å². The lowest BCUT2D eigenvalue weighted by molar-refractivity contribution is 0.452. The summed E-state index contributed by atoms with van der Waals surface area (Å²) < 4.78 is 0. The van der Waals surface area contributed by atoms with Crippen LogP contribution in [0.3, 0.4) is 0 Å². The molecule has 1 N–H and O–H groups in total. The number of nitrogens with one attached hydrogen (secondary N) is 1. The first-order valence-electron chi connectivity index (χ1n) is 8.05. The molecule has 1 aliphatic carbocycles. The average Bonchev–Trinajstić information content (AvgIpc) is 2.93. The maximum Gasteiger partial charge on any atom is 0.0414 e. The highest BCUT2D eigenvalue weighted by atomic mass is 32.1. The quantitative estimate of drug-likeness (QED) is 0.697. The third-order valence-electron chi connectivity index (χ3n) is 4.02. The Kier molecular flexibility index (Phi) is 5.90. The van der Waals surface area contributed by atoms with Crippen molar-refractivity contribution in [2.24, 2.45) is 5.92 Å². The summed E-state index contributed by atoms with van der Waals surface area (Å²) >= 11 is 2.08. The highest BCUT2D eigenvalue weighted by Crippen LogP contribution is 2.35. The van der Waals surface area contributed by atoms with Crippen LogP contribution in [0.2, 0.25) is 0 Å². The van der Waals surface area contributed by atoms with Crippen LogP contribution in [0.25, 0.3) is 0 Å². The number of hydrogen-bond acceptors (Lipinski definition) is 2. The van der Waals surface area contributed by atoms with E-state index in [0.29, 0.717) is 6.04 Å². The van der Waals surface area contributed by atoms with E-state index in [1.165, 1.54) is 44.9 Å². The second kappa shape index (κ2) is 7.44. The first-order chi connectivity index (χ1) is 9.20. The Morgan fingerprint density at radius 3 is 2.79 bits per heavy atom. The van der Waals surface area contributed by atoms with E-state index in [1.54, 1.807) is 15.3 Å². The molecule has 0 saturated heterocycles. The minimum absolute atomic E-state index is 0.606. The first-order valence-corrected chi connectivity index (χ1v) is 8.87. The minimum atomic E-state index is 0.606.